The Morgan fingerprint density at radius 3 is 2.93 bits per heavy atom. The number of hydrogen-bond acceptors (Lipinski definition) is 4. The molecule has 1 N–H and O–H groups in total. The third-order valence-electron chi connectivity index (χ3n) is 2.40. The van der Waals surface area contributed by atoms with E-state index in [0.717, 1.165) is 5.69 Å². The largest absolute Gasteiger partial charge is 0.393 e. The number of aliphatic hydroxyl groups excluding tert-OH is 1. The van der Waals surface area contributed by atoms with Gasteiger partial charge in [0.2, 0.25) is 0 Å². The molecule has 0 aromatic carbocycles. The van der Waals surface area contributed by atoms with Gasteiger partial charge >= 0.3 is 0 Å². The van der Waals surface area contributed by atoms with Gasteiger partial charge in [-0.15, -0.1) is 10.2 Å². The van der Waals surface area contributed by atoms with E-state index in [1.54, 1.807) is 30.0 Å². The summed E-state index contributed by atoms with van der Waals surface area (Å²) in [7, 11) is 0. The third kappa shape index (κ3) is 1.35. The smallest absolute Gasteiger partial charge is 0.182 e. The maximum atomic E-state index is 9.47. The maximum Gasteiger partial charge on any atom is 0.182 e. The lowest BCUT2D eigenvalue weighted by atomic mass is 10.0. The molecule has 0 amide bonds. The Bertz CT molecular complexity index is 437. The summed E-state index contributed by atoms with van der Waals surface area (Å²) in [6.07, 6.45) is 4.65. The molecule has 0 aliphatic rings. The monoisotopic (exact) mass is 192 g/mol. The van der Waals surface area contributed by atoms with Gasteiger partial charge in [0, 0.05) is 18.3 Å². The predicted molar refractivity (Wildman–Crippen MR) is 50.9 cm³/mol. The standard InChI is InChI=1S/C9H12N4O/c1-6(7(2)14)8-9-12-11-5-13(9)4-3-10-8/h3-7,14H,1-2H3. The third-order valence-corrected chi connectivity index (χ3v) is 2.40. The Morgan fingerprint density at radius 2 is 2.21 bits per heavy atom. The van der Waals surface area contributed by atoms with Crippen molar-refractivity contribution in [1.82, 2.24) is 19.6 Å². The molecule has 0 spiro atoms. The molecule has 2 rings (SSSR count). The van der Waals surface area contributed by atoms with E-state index in [2.05, 4.69) is 15.2 Å². The molecule has 14 heavy (non-hydrogen) atoms. The van der Waals surface area contributed by atoms with Crippen molar-refractivity contribution in [2.75, 3.05) is 0 Å². The fourth-order valence-corrected chi connectivity index (χ4v) is 1.33. The summed E-state index contributed by atoms with van der Waals surface area (Å²) in [6, 6.07) is 0. The van der Waals surface area contributed by atoms with Gasteiger partial charge in [0.25, 0.3) is 0 Å². The molecule has 2 aromatic rings. The van der Waals surface area contributed by atoms with Crippen LogP contribution in [-0.4, -0.2) is 30.8 Å². The van der Waals surface area contributed by atoms with Crippen LogP contribution in [0.15, 0.2) is 18.7 Å². The zero-order chi connectivity index (χ0) is 10.1. The van der Waals surface area contributed by atoms with Crippen LogP contribution in [0.1, 0.15) is 25.5 Å². The summed E-state index contributed by atoms with van der Waals surface area (Å²) in [5.41, 5.74) is 1.49. The van der Waals surface area contributed by atoms with Gasteiger partial charge in [0.15, 0.2) is 5.65 Å². The zero-order valence-electron chi connectivity index (χ0n) is 8.12. The van der Waals surface area contributed by atoms with E-state index in [1.807, 2.05) is 6.92 Å². The first-order chi connectivity index (χ1) is 6.70. The van der Waals surface area contributed by atoms with E-state index >= 15 is 0 Å². The van der Waals surface area contributed by atoms with Crippen LogP contribution in [0.5, 0.6) is 0 Å². The second-order valence-electron chi connectivity index (χ2n) is 3.40. The molecule has 0 aliphatic carbocycles. The average Bonchev–Trinajstić information content (AvgIpc) is 2.63. The van der Waals surface area contributed by atoms with Crippen LogP contribution in [0.3, 0.4) is 0 Å². The molecule has 0 saturated carbocycles. The van der Waals surface area contributed by atoms with E-state index < -0.39 is 6.10 Å². The lowest BCUT2D eigenvalue weighted by Crippen LogP contribution is -2.13. The van der Waals surface area contributed by atoms with Crippen LogP contribution in [0, 0.1) is 0 Å². The molecule has 2 unspecified atom stereocenters. The second-order valence-corrected chi connectivity index (χ2v) is 3.40. The van der Waals surface area contributed by atoms with E-state index in [-0.39, 0.29) is 5.92 Å². The van der Waals surface area contributed by atoms with Crippen LogP contribution in [0.25, 0.3) is 5.65 Å². The van der Waals surface area contributed by atoms with Crippen LogP contribution in [0.4, 0.5) is 0 Å². The van der Waals surface area contributed by atoms with Crippen molar-refractivity contribution in [3.8, 4) is 0 Å². The Hall–Kier alpha value is -1.49. The quantitative estimate of drug-likeness (QED) is 0.757. The Kier molecular flexibility index (Phi) is 2.17. The number of aliphatic hydroxyl groups is 1. The van der Waals surface area contributed by atoms with E-state index in [0.29, 0.717) is 5.65 Å². The first-order valence-corrected chi connectivity index (χ1v) is 4.52. The van der Waals surface area contributed by atoms with Crippen molar-refractivity contribution in [1.29, 1.82) is 0 Å². The van der Waals surface area contributed by atoms with E-state index in [4.69, 9.17) is 0 Å². The topological polar surface area (TPSA) is 63.3 Å². The lowest BCUT2D eigenvalue weighted by Gasteiger charge is -2.13. The summed E-state index contributed by atoms with van der Waals surface area (Å²) >= 11 is 0. The second kappa shape index (κ2) is 3.34. The summed E-state index contributed by atoms with van der Waals surface area (Å²) in [5, 5.41) is 17.2. The molecule has 5 nitrogen and oxygen atoms in total. The SMILES string of the molecule is CC(O)C(C)c1nccn2cnnc12. The van der Waals surface area contributed by atoms with Crippen molar-refractivity contribution in [3.63, 3.8) is 0 Å². The highest BCUT2D eigenvalue weighted by atomic mass is 16.3. The normalized spacial score (nSPS) is 15.6. The molecule has 5 heteroatoms. The first kappa shape index (κ1) is 9.08. The van der Waals surface area contributed by atoms with Crippen LogP contribution in [0.2, 0.25) is 0 Å². The van der Waals surface area contributed by atoms with Crippen molar-refractivity contribution in [2.45, 2.75) is 25.9 Å². The van der Waals surface area contributed by atoms with Gasteiger partial charge < -0.3 is 5.11 Å². The molecule has 0 bridgehead atoms. The Balaban J connectivity index is 2.56. The Morgan fingerprint density at radius 1 is 1.43 bits per heavy atom. The fraction of sp³-hybridized carbons (Fsp3) is 0.444. The molecule has 0 fully saturated rings. The summed E-state index contributed by atoms with van der Waals surface area (Å²) in [6.45, 7) is 3.66. The first-order valence-electron chi connectivity index (χ1n) is 4.52. The minimum absolute atomic E-state index is 0.0390. The average molecular weight is 192 g/mol. The number of hydrogen-bond donors (Lipinski definition) is 1. The van der Waals surface area contributed by atoms with E-state index in [9.17, 15) is 5.11 Å². The molecule has 2 aromatic heterocycles. The minimum Gasteiger partial charge on any atom is -0.393 e. The van der Waals surface area contributed by atoms with Crippen LogP contribution >= 0.6 is 0 Å². The highest BCUT2D eigenvalue weighted by molar-refractivity contribution is 5.43. The molecule has 0 saturated heterocycles. The van der Waals surface area contributed by atoms with Crippen molar-refractivity contribution >= 4 is 5.65 Å². The number of aromatic nitrogens is 4. The molecular formula is C9H12N4O. The maximum absolute atomic E-state index is 9.47. The van der Waals surface area contributed by atoms with Gasteiger partial charge in [0.05, 0.1) is 11.8 Å². The molecule has 74 valence electrons. The van der Waals surface area contributed by atoms with Crippen molar-refractivity contribution in [2.24, 2.45) is 0 Å². The van der Waals surface area contributed by atoms with Crippen molar-refractivity contribution in [3.05, 3.63) is 24.4 Å². The minimum atomic E-state index is -0.439. The predicted octanol–water partition coefficient (Wildman–Crippen LogP) is 0.609. The molecule has 0 radical (unpaired) electrons. The van der Waals surface area contributed by atoms with Gasteiger partial charge in [-0.25, -0.2) is 0 Å². The van der Waals surface area contributed by atoms with Gasteiger partial charge in [-0.2, -0.15) is 0 Å². The summed E-state index contributed by atoms with van der Waals surface area (Å²) in [5.74, 6) is -0.0390. The van der Waals surface area contributed by atoms with Gasteiger partial charge in [0.1, 0.15) is 6.33 Å². The molecular weight excluding hydrogens is 180 g/mol. The van der Waals surface area contributed by atoms with Gasteiger partial charge in [-0.3, -0.25) is 9.38 Å². The Labute approximate surface area is 81.4 Å². The molecule has 2 atom stereocenters. The van der Waals surface area contributed by atoms with Crippen LogP contribution < -0.4 is 0 Å². The zero-order valence-corrected chi connectivity index (χ0v) is 8.12. The summed E-state index contributed by atoms with van der Waals surface area (Å²) < 4.78 is 1.79. The number of nitrogens with zero attached hydrogens (tertiary/aromatic N) is 4. The highest BCUT2D eigenvalue weighted by Gasteiger charge is 2.17. The highest BCUT2D eigenvalue weighted by Crippen LogP contribution is 2.19. The van der Waals surface area contributed by atoms with Crippen molar-refractivity contribution < 1.29 is 5.11 Å². The molecule has 2 heterocycles. The lowest BCUT2D eigenvalue weighted by molar-refractivity contribution is 0.167. The van der Waals surface area contributed by atoms with Crippen LogP contribution in [-0.2, 0) is 0 Å². The number of rotatable bonds is 2. The number of fused-ring (bicyclic) bond motifs is 1. The molecule has 0 aliphatic heterocycles. The summed E-state index contributed by atoms with van der Waals surface area (Å²) in [4.78, 5) is 4.22. The van der Waals surface area contributed by atoms with E-state index in [1.165, 1.54) is 0 Å². The van der Waals surface area contributed by atoms with Gasteiger partial charge in [-0.1, -0.05) is 6.92 Å². The fourth-order valence-electron chi connectivity index (χ4n) is 1.33. The van der Waals surface area contributed by atoms with Gasteiger partial charge in [-0.05, 0) is 6.92 Å².